The lowest BCUT2D eigenvalue weighted by molar-refractivity contribution is -0.146. The molecule has 0 fully saturated rings. The van der Waals surface area contributed by atoms with E-state index in [-0.39, 0.29) is 0 Å². The molecule has 0 amide bonds. The number of methoxy groups -OCH3 is 1. The third kappa shape index (κ3) is 3.22. The largest absolute Gasteiger partial charge is 0.497 e. The van der Waals surface area contributed by atoms with E-state index in [1.54, 1.807) is 21.0 Å². The molecule has 0 bridgehead atoms. The molecule has 0 spiro atoms. The molecule has 94 valence electrons. The summed E-state index contributed by atoms with van der Waals surface area (Å²) in [4.78, 5) is 11.1. The van der Waals surface area contributed by atoms with Crippen LogP contribution in [0.25, 0.3) is 0 Å². The molecule has 1 rings (SSSR count). The average Bonchev–Trinajstić information content (AvgIpc) is 2.23. The van der Waals surface area contributed by atoms with Crippen molar-refractivity contribution < 1.29 is 14.6 Å². The summed E-state index contributed by atoms with van der Waals surface area (Å²) in [6.07, 6.45) is 0.459. The number of benzene rings is 1. The Morgan fingerprint density at radius 3 is 2.53 bits per heavy atom. The topological polar surface area (TPSA) is 46.5 Å². The lowest BCUT2D eigenvalue weighted by atomic mass is 9.85. The number of carboxylic acid groups (broad SMARTS) is 1. The predicted molar refractivity (Wildman–Crippen MR) is 70.6 cm³/mol. The standard InChI is InChI=1S/C13H17BrO3/c1-8-5-10(17-4)6-9(11(8)14)7-13(2,3)12(15)16/h5-6H,7H2,1-4H3,(H,15,16). The highest BCUT2D eigenvalue weighted by Crippen LogP contribution is 2.32. The molecule has 0 unspecified atom stereocenters. The van der Waals surface area contributed by atoms with Gasteiger partial charge in [0, 0.05) is 4.47 Å². The number of aliphatic carboxylic acids is 1. The van der Waals surface area contributed by atoms with Gasteiger partial charge in [-0.05, 0) is 50.5 Å². The molecule has 1 aromatic rings. The summed E-state index contributed by atoms with van der Waals surface area (Å²) in [5.74, 6) is -0.0493. The van der Waals surface area contributed by atoms with Crippen LogP contribution in [-0.4, -0.2) is 18.2 Å². The highest BCUT2D eigenvalue weighted by molar-refractivity contribution is 9.10. The van der Waals surface area contributed by atoms with Crippen LogP contribution in [0.15, 0.2) is 16.6 Å². The average molecular weight is 301 g/mol. The van der Waals surface area contributed by atoms with Gasteiger partial charge >= 0.3 is 5.97 Å². The summed E-state index contributed by atoms with van der Waals surface area (Å²) in [7, 11) is 1.61. The van der Waals surface area contributed by atoms with E-state index in [0.717, 1.165) is 21.3 Å². The maximum Gasteiger partial charge on any atom is 0.309 e. The van der Waals surface area contributed by atoms with Crippen molar-refractivity contribution in [2.75, 3.05) is 7.11 Å². The van der Waals surface area contributed by atoms with Crippen LogP contribution in [0.5, 0.6) is 5.75 Å². The Hall–Kier alpha value is -1.03. The number of hydrogen-bond acceptors (Lipinski definition) is 2. The fourth-order valence-corrected chi connectivity index (χ4v) is 1.97. The molecule has 1 aromatic carbocycles. The number of aryl methyl sites for hydroxylation is 1. The molecule has 0 aromatic heterocycles. The first-order valence-corrected chi connectivity index (χ1v) is 6.13. The van der Waals surface area contributed by atoms with Gasteiger partial charge in [-0.1, -0.05) is 15.9 Å². The molecule has 0 heterocycles. The molecule has 1 N–H and O–H groups in total. The Morgan fingerprint density at radius 2 is 2.06 bits per heavy atom. The van der Waals surface area contributed by atoms with Gasteiger partial charge in [0.1, 0.15) is 5.75 Å². The van der Waals surface area contributed by atoms with Gasteiger partial charge in [0.05, 0.1) is 12.5 Å². The monoisotopic (exact) mass is 300 g/mol. The van der Waals surface area contributed by atoms with Gasteiger partial charge in [0.15, 0.2) is 0 Å². The zero-order valence-corrected chi connectivity index (χ0v) is 12.1. The Bertz CT molecular complexity index is 439. The van der Waals surface area contributed by atoms with Crippen LogP contribution in [0.4, 0.5) is 0 Å². The molecule has 0 aliphatic heterocycles. The van der Waals surface area contributed by atoms with Crippen LogP contribution in [0.3, 0.4) is 0 Å². The first-order valence-electron chi connectivity index (χ1n) is 5.34. The summed E-state index contributed by atoms with van der Waals surface area (Å²) in [6, 6.07) is 3.79. The molecule has 17 heavy (non-hydrogen) atoms. The maximum atomic E-state index is 11.1. The third-order valence-electron chi connectivity index (χ3n) is 2.75. The van der Waals surface area contributed by atoms with Gasteiger partial charge in [0.25, 0.3) is 0 Å². The van der Waals surface area contributed by atoms with Crippen LogP contribution < -0.4 is 4.74 Å². The predicted octanol–water partition coefficient (Wildman–Crippen LogP) is 3.42. The SMILES string of the molecule is COc1cc(C)c(Br)c(CC(C)(C)C(=O)O)c1. The summed E-state index contributed by atoms with van der Waals surface area (Å²) in [5, 5.41) is 9.14. The second-order valence-corrected chi connectivity index (χ2v) is 5.58. The zero-order chi connectivity index (χ0) is 13.2. The van der Waals surface area contributed by atoms with E-state index in [1.807, 2.05) is 19.1 Å². The van der Waals surface area contributed by atoms with Crippen molar-refractivity contribution in [3.05, 3.63) is 27.7 Å². The number of rotatable bonds is 4. The van der Waals surface area contributed by atoms with Crippen molar-refractivity contribution in [2.45, 2.75) is 27.2 Å². The minimum absolute atomic E-state index is 0.459. The van der Waals surface area contributed by atoms with Gasteiger partial charge in [-0.25, -0.2) is 0 Å². The van der Waals surface area contributed by atoms with Crippen LogP contribution in [0, 0.1) is 12.3 Å². The van der Waals surface area contributed by atoms with E-state index in [1.165, 1.54) is 0 Å². The number of halogens is 1. The van der Waals surface area contributed by atoms with Gasteiger partial charge in [-0.3, -0.25) is 4.79 Å². The van der Waals surface area contributed by atoms with Gasteiger partial charge < -0.3 is 9.84 Å². The lowest BCUT2D eigenvalue weighted by Crippen LogP contribution is -2.26. The van der Waals surface area contributed by atoms with Crippen LogP contribution >= 0.6 is 15.9 Å². The van der Waals surface area contributed by atoms with Crippen molar-refractivity contribution >= 4 is 21.9 Å². The third-order valence-corrected chi connectivity index (χ3v) is 3.89. The van der Waals surface area contributed by atoms with Crippen molar-refractivity contribution in [2.24, 2.45) is 5.41 Å². The van der Waals surface area contributed by atoms with E-state index in [0.29, 0.717) is 6.42 Å². The Balaban J connectivity index is 3.14. The molecule has 0 atom stereocenters. The number of ether oxygens (including phenoxy) is 1. The van der Waals surface area contributed by atoms with E-state index >= 15 is 0 Å². The Kier molecular flexibility index (Phi) is 4.20. The van der Waals surface area contributed by atoms with E-state index < -0.39 is 11.4 Å². The highest BCUT2D eigenvalue weighted by Gasteiger charge is 2.28. The quantitative estimate of drug-likeness (QED) is 0.927. The first kappa shape index (κ1) is 14.0. The summed E-state index contributed by atoms with van der Waals surface area (Å²) >= 11 is 3.50. The minimum atomic E-state index is -0.801. The van der Waals surface area contributed by atoms with Crippen molar-refractivity contribution in [3.63, 3.8) is 0 Å². The van der Waals surface area contributed by atoms with Crippen LogP contribution in [-0.2, 0) is 11.2 Å². The fraction of sp³-hybridized carbons (Fsp3) is 0.462. The molecule has 0 saturated heterocycles. The molecule has 0 saturated carbocycles. The first-order chi connectivity index (χ1) is 7.77. The van der Waals surface area contributed by atoms with Gasteiger partial charge in [-0.2, -0.15) is 0 Å². The van der Waals surface area contributed by atoms with Gasteiger partial charge in [0.2, 0.25) is 0 Å². The summed E-state index contributed by atoms with van der Waals surface area (Å²) in [5.41, 5.74) is 1.20. The van der Waals surface area contributed by atoms with Crippen molar-refractivity contribution in [1.29, 1.82) is 0 Å². The molecule has 3 nitrogen and oxygen atoms in total. The number of carboxylic acids is 1. The van der Waals surface area contributed by atoms with Crippen LogP contribution in [0.1, 0.15) is 25.0 Å². The normalized spacial score (nSPS) is 11.4. The van der Waals surface area contributed by atoms with Crippen molar-refractivity contribution in [3.8, 4) is 5.75 Å². The fourth-order valence-electron chi connectivity index (χ4n) is 1.60. The van der Waals surface area contributed by atoms with E-state index in [9.17, 15) is 4.79 Å². The highest BCUT2D eigenvalue weighted by atomic mass is 79.9. The minimum Gasteiger partial charge on any atom is -0.497 e. The molecule has 0 aliphatic carbocycles. The molecular weight excluding hydrogens is 284 g/mol. The second-order valence-electron chi connectivity index (χ2n) is 4.78. The van der Waals surface area contributed by atoms with E-state index in [4.69, 9.17) is 9.84 Å². The number of carbonyl (C=O) groups is 1. The number of hydrogen-bond donors (Lipinski definition) is 1. The van der Waals surface area contributed by atoms with Crippen LogP contribution in [0.2, 0.25) is 0 Å². The Morgan fingerprint density at radius 1 is 1.47 bits per heavy atom. The zero-order valence-electron chi connectivity index (χ0n) is 10.5. The molecule has 0 aliphatic rings. The molecular formula is C13H17BrO3. The smallest absolute Gasteiger partial charge is 0.309 e. The summed E-state index contributed by atoms with van der Waals surface area (Å²) < 4.78 is 6.15. The lowest BCUT2D eigenvalue weighted by Gasteiger charge is -2.21. The second kappa shape index (κ2) is 5.08. The maximum absolute atomic E-state index is 11.1. The van der Waals surface area contributed by atoms with Gasteiger partial charge in [-0.15, -0.1) is 0 Å². The Labute approximate surface area is 110 Å². The van der Waals surface area contributed by atoms with E-state index in [2.05, 4.69) is 15.9 Å². The molecule has 0 radical (unpaired) electrons. The molecule has 4 heteroatoms. The van der Waals surface area contributed by atoms with Crippen molar-refractivity contribution in [1.82, 2.24) is 0 Å². The summed E-state index contributed by atoms with van der Waals surface area (Å²) in [6.45, 7) is 5.40.